The molecule has 1 saturated heterocycles. The molecular formula is C13H17N. The van der Waals surface area contributed by atoms with Gasteiger partial charge >= 0.3 is 0 Å². The SMILES string of the molecule is c1cc(C2CCC2)cc(C2CNC2)c1. The second-order valence-corrected chi connectivity index (χ2v) is 4.65. The first-order valence-corrected chi connectivity index (χ1v) is 5.74. The Hall–Kier alpha value is -0.820. The van der Waals surface area contributed by atoms with Gasteiger partial charge < -0.3 is 5.32 Å². The summed E-state index contributed by atoms with van der Waals surface area (Å²) in [5.74, 6) is 1.66. The quantitative estimate of drug-likeness (QED) is 0.750. The fourth-order valence-corrected chi connectivity index (χ4v) is 2.33. The van der Waals surface area contributed by atoms with Gasteiger partial charge in [-0.3, -0.25) is 0 Å². The lowest BCUT2D eigenvalue weighted by Gasteiger charge is -2.30. The predicted molar refractivity (Wildman–Crippen MR) is 58.6 cm³/mol. The van der Waals surface area contributed by atoms with Gasteiger partial charge in [-0.05, 0) is 29.9 Å². The van der Waals surface area contributed by atoms with Gasteiger partial charge in [0, 0.05) is 19.0 Å². The van der Waals surface area contributed by atoms with E-state index < -0.39 is 0 Å². The molecule has 74 valence electrons. The number of benzene rings is 1. The molecule has 3 rings (SSSR count). The Balaban J connectivity index is 1.82. The molecular weight excluding hydrogens is 170 g/mol. The molecule has 0 spiro atoms. The summed E-state index contributed by atoms with van der Waals surface area (Å²) in [6.07, 6.45) is 4.25. The molecule has 1 heteroatoms. The van der Waals surface area contributed by atoms with Crippen LogP contribution in [-0.2, 0) is 0 Å². The topological polar surface area (TPSA) is 12.0 Å². The van der Waals surface area contributed by atoms with Gasteiger partial charge in [0.15, 0.2) is 0 Å². The summed E-state index contributed by atoms with van der Waals surface area (Å²) in [4.78, 5) is 0. The molecule has 1 aromatic rings. The highest BCUT2D eigenvalue weighted by Crippen LogP contribution is 2.37. The predicted octanol–water partition coefficient (Wildman–Crippen LogP) is 2.64. The Labute approximate surface area is 85.5 Å². The molecule has 1 aliphatic heterocycles. The summed E-state index contributed by atoms with van der Waals surface area (Å²) in [5, 5.41) is 3.34. The molecule has 1 aliphatic carbocycles. The zero-order chi connectivity index (χ0) is 9.38. The molecule has 1 aromatic carbocycles. The van der Waals surface area contributed by atoms with Crippen LogP contribution in [0.4, 0.5) is 0 Å². The van der Waals surface area contributed by atoms with Crippen LogP contribution in [0.25, 0.3) is 0 Å². The fourth-order valence-electron chi connectivity index (χ4n) is 2.33. The summed E-state index contributed by atoms with van der Waals surface area (Å²) >= 11 is 0. The minimum absolute atomic E-state index is 0.787. The van der Waals surface area contributed by atoms with Crippen LogP contribution in [0.15, 0.2) is 24.3 Å². The van der Waals surface area contributed by atoms with Crippen molar-refractivity contribution < 1.29 is 0 Å². The van der Waals surface area contributed by atoms with E-state index in [1.54, 1.807) is 11.1 Å². The third-order valence-electron chi connectivity index (χ3n) is 3.74. The first-order valence-electron chi connectivity index (χ1n) is 5.74. The normalized spacial score (nSPS) is 22.9. The maximum absolute atomic E-state index is 3.34. The van der Waals surface area contributed by atoms with E-state index in [4.69, 9.17) is 0 Å². The van der Waals surface area contributed by atoms with Crippen LogP contribution in [0.3, 0.4) is 0 Å². The Bertz CT molecular complexity index is 295. The molecule has 0 bridgehead atoms. The van der Waals surface area contributed by atoms with Crippen LogP contribution in [0, 0.1) is 0 Å². The van der Waals surface area contributed by atoms with Gasteiger partial charge in [-0.1, -0.05) is 30.7 Å². The average Bonchev–Trinajstić information content (AvgIpc) is 1.98. The summed E-state index contributed by atoms with van der Waals surface area (Å²) in [6.45, 7) is 2.35. The lowest BCUT2D eigenvalue weighted by atomic mass is 9.78. The van der Waals surface area contributed by atoms with Gasteiger partial charge in [-0.25, -0.2) is 0 Å². The van der Waals surface area contributed by atoms with Gasteiger partial charge in [0.1, 0.15) is 0 Å². The summed E-state index contributed by atoms with van der Waals surface area (Å²) in [5.41, 5.74) is 3.13. The van der Waals surface area contributed by atoms with Crippen molar-refractivity contribution in [2.24, 2.45) is 0 Å². The number of rotatable bonds is 2. The van der Waals surface area contributed by atoms with Crippen molar-refractivity contribution in [3.05, 3.63) is 35.4 Å². The van der Waals surface area contributed by atoms with Crippen molar-refractivity contribution in [2.75, 3.05) is 13.1 Å². The molecule has 1 saturated carbocycles. The molecule has 14 heavy (non-hydrogen) atoms. The molecule has 0 radical (unpaired) electrons. The van der Waals surface area contributed by atoms with Gasteiger partial charge in [0.05, 0.1) is 0 Å². The first-order chi connectivity index (χ1) is 6.93. The number of hydrogen-bond acceptors (Lipinski definition) is 1. The van der Waals surface area contributed by atoms with E-state index in [1.807, 2.05) is 0 Å². The van der Waals surface area contributed by atoms with Gasteiger partial charge in [-0.2, -0.15) is 0 Å². The van der Waals surface area contributed by atoms with Gasteiger partial charge in [-0.15, -0.1) is 0 Å². The van der Waals surface area contributed by atoms with Crippen LogP contribution in [0.1, 0.15) is 42.2 Å². The van der Waals surface area contributed by atoms with E-state index >= 15 is 0 Å². The minimum atomic E-state index is 0.787. The van der Waals surface area contributed by atoms with Gasteiger partial charge in [0.2, 0.25) is 0 Å². The van der Waals surface area contributed by atoms with Crippen LogP contribution >= 0.6 is 0 Å². The molecule has 0 unspecified atom stereocenters. The summed E-state index contributed by atoms with van der Waals surface area (Å²) < 4.78 is 0. The number of nitrogens with one attached hydrogen (secondary N) is 1. The second-order valence-electron chi connectivity index (χ2n) is 4.65. The number of hydrogen-bond donors (Lipinski definition) is 1. The minimum Gasteiger partial charge on any atom is -0.315 e. The van der Waals surface area contributed by atoms with E-state index in [1.165, 1.54) is 32.4 Å². The van der Waals surface area contributed by atoms with Crippen LogP contribution in [0.5, 0.6) is 0 Å². The van der Waals surface area contributed by atoms with Crippen molar-refractivity contribution >= 4 is 0 Å². The Morgan fingerprint density at radius 2 is 1.71 bits per heavy atom. The first kappa shape index (κ1) is 8.49. The highest BCUT2D eigenvalue weighted by molar-refractivity contribution is 5.31. The van der Waals surface area contributed by atoms with Crippen LogP contribution in [-0.4, -0.2) is 13.1 Å². The molecule has 2 fully saturated rings. The van der Waals surface area contributed by atoms with Crippen molar-refractivity contribution in [3.63, 3.8) is 0 Å². The molecule has 2 aliphatic rings. The van der Waals surface area contributed by atoms with E-state index in [-0.39, 0.29) is 0 Å². The Morgan fingerprint density at radius 1 is 1.00 bits per heavy atom. The molecule has 0 aromatic heterocycles. The zero-order valence-electron chi connectivity index (χ0n) is 8.50. The standard InChI is InChI=1S/C13H17N/c1-3-10(4-1)11-5-2-6-12(7-11)13-8-14-9-13/h2,5-7,10,13-14H,1,3-4,8-9H2. The highest BCUT2D eigenvalue weighted by atomic mass is 14.9. The Kier molecular flexibility index (Phi) is 2.06. The van der Waals surface area contributed by atoms with E-state index in [2.05, 4.69) is 29.6 Å². The van der Waals surface area contributed by atoms with Crippen molar-refractivity contribution in [1.29, 1.82) is 0 Å². The van der Waals surface area contributed by atoms with E-state index in [0.717, 1.165) is 11.8 Å². The van der Waals surface area contributed by atoms with Gasteiger partial charge in [0.25, 0.3) is 0 Å². The summed E-state index contributed by atoms with van der Waals surface area (Å²) in [7, 11) is 0. The molecule has 0 atom stereocenters. The Morgan fingerprint density at radius 3 is 2.21 bits per heavy atom. The van der Waals surface area contributed by atoms with E-state index in [9.17, 15) is 0 Å². The maximum Gasteiger partial charge on any atom is 0.00886 e. The largest absolute Gasteiger partial charge is 0.315 e. The molecule has 1 N–H and O–H groups in total. The van der Waals surface area contributed by atoms with Crippen molar-refractivity contribution in [3.8, 4) is 0 Å². The zero-order valence-corrected chi connectivity index (χ0v) is 8.50. The van der Waals surface area contributed by atoms with E-state index in [0.29, 0.717) is 0 Å². The summed E-state index contributed by atoms with van der Waals surface area (Å²) in [6, 6.07) is 9.27. The maximum atomic E-state index is 3.34. The van der Waals surface area contributed by atoms with Crippen molar-refractivity contribution in [1.82, 2.24) is 5.32 Å². The lowest BCUT2D eigenvalue weighted by molar-refractivity contribution is 0.416. The average molecular weight is 187 g/mol. The fraction of sp³-hybridized carbons (Fsp3) is 0.538. The third kappa shape index (κ3) is 1.36. The smallest absolute Gasteiger partial charge is 0.00886 e. The van der Waals surface area contributed by atoms with Crippen LogP contribution < -0.4 is 5.32 Å². The molecule has 1 nitrogen and oxygen atoms in total. The highest BCUT2D eigenvalue weighted by Gasteiger charge is 2.22. The second kappa shape index (κ2) is 3.39. The lowest BCUT2D eigenvalue weighted by Crippen LogP contribution is -2.39. The molecule has 1 heterocycles. The third-order valence-corrected chi connectivity index (χ3v) is 3.74. The van der Waals surface area contributed by atoms with Crippen LogP contribution in [0.2, 0.25) is 0 Å². The van der Waals surface area contributed by atoms with Crippen molar-refractivity contribution in [2.45, 2.75) is 31.1 Å². The monoisotopic (exact) mass is 187 g/mol. The molecule has 0 amide bonds.